The van der Waals surface area contributed by atoms with Crippen molar-refractivity contribution in [2.75, 3.05) is 0 Å². The van der Waals surface area contributed by atoms with E-state index in [-0.39, 0.29) is 5.41 Å². The zero-order valence-electron chi connectivity index (χ0n) is 32.5. The summed E-state index contributed by atoms with van der Waals surface area (Å²) in [6.45, 7) is 4.74. The maximum Gasteiger partial charge on any atom is 0.161 e. The van der Waals surface area contributed by atoms with Crippen LogP contribution in [0.2, 0.25) is 0 Å². The molecule has 0 amide bonds. The lowest BCUT2D eigenvalue weighted by Crippen LogP contribution is -2.40. The molecule has 1 aromatic heterocycles. The van der Waals surface area contributed by atoms with Crippen molar-refractivity contribution in [2.24, 2.45) is 0 Å². The standard InChI is InChI=1S/C56H40N2/c1-55(2)46-23-11-13-25-48(46)56(49-26-14-12-24-47(49)55)45-22-10-9-20-43(45)53-44(21-15-27-50(53)56)54-57-51(41-32-28-39(29-33-41)37-16-5-3-6-17-37)36-52(58-54)42-34-30-40(31-35-42)38-18-7-4-8-19-38/h3-36H,1-2H3. The van der Waals surface area contributed by atoms with Gasteiger partial charge in [-0.25, -0.2) is 9.97 Å². The first kappa shape index (κ1) is 34.1. The van der Waals surface area contributed by atoms with E-state index in [0.717, 1.165) is 28.1 Å². The Labute approximate surface area is 340 Å². The fourth-order valence-electron chi connectivity index (χ4n) is 9.89. The van der Waals surface area contributed by atoms with E-state index < -0.39 is 5.41 Å². The molecule has 2 heteroatoms. The smallest absolute Gasteiger partial charge is 0.161 e. The van der Waals surface area contributed by atoms with Gasteiger partial charge in [0.1, 0.15) is 0 Å². The van der Waals surface area contributed by atoms with Gasteiger partial charge in [0.15, 0.2) is 5.82 Å². The van der Waals surface area contributed by atoms with Gasteiger partial charge in [0.2, 0.25) is 0 Å². The van der Waals surface area contributed by atoms with E-state index in [4.69, 9.17) is 9.97 Å². The maximum atomic E-state index is 5.45. The molecule has 1 spiro atoms. The minimum atomic E-state index is -0.494. The van der Waals surface area contributed by atoms with Crippen LogP contribution in [0.5, 0.6) is 0 Å². The first-order valence-corrected chi connectivity index (χ1v) is 20.2. The second-order valence-electron chi connectivity index (χ2n) is 16.1. The van der Waals surface area contributed by atoms with Crippen molar-refractivity contribution in [2.45, 2.75) is 24.7 Å². The van der Waals surface area contributed by atoms with E-state index in [9.17, 15) is 0 Å². The predicted octanol–water partition coefficient (Wildman–Crippen LogP) is 13.8. The highest BCUT2D eigenvalue weighted by molar-refractivity contribution is 5.96. The molecule has 1 heterocycles. The molecule has 2 aliphatic rings. The summed E-state index contributed by atoms with van der Waals surface area (Å²) in [4.78, 5) is 10.9. The molecule has 8 aromatic carbocycles. The van der Waals surface area contributed by atoms with Gasteiger partial charge in [0.05, 0.1) is 16.8 Å². The summed E-state index contributed by atoms with van der Waals surface area (Å²) < 4.78 is 0. The second kappa shape index (κ2) is 13.2. The highest BCUT2D eigenvalue weighted by atomic mass is 14.9. The van der Waals surface area contributed by atoms with Gasteiger partial charge in [-0.1, -0.05) is 214 Å². The van der Waals surface area contributed by atoms with Gasteiger partial charge in [-0.3, -0.25) is 0 Å². The predicted molar refractivity (Wildman–Crippen MR) is 239 cm³/mol. The number of hydrogen-bond donors (Lipinski definition) is 0. The molecular formula is C56H40N2. The Balaban J connectivity index is 1.14. The minimum Gasteiger partial charge on any atom is -0.228 e. The van der Waals surface area contributed by atoms with E-state index in [0.29, 0.717) is 5.82 Å². The van der Waals surface area contributed by atoms with Crippen LogP contribution in [0.4, 0.5) is 0 Å². The van der Waals surface area contributed by atoms with Crippen LogP contribution < -0.4 is 0 Å². The van der Waals surface area contributed by atoms with Crippen LogP contribution >= 0.6 is 0 Å². The largest absolute Gasteiger partial charge is 0.228 e. The molecule has 2 aliphatic carbocycles. The van der Waals surface area contributed by atoms with Crippen molar-refractivity contribution >= 4 is 0 Å². The third-order valence-corrected chi connectivity index (χ3v) is 12.6. The fraction of sp³-hybridized carbons (Fsp3) is 0.0714. The van der Waals surface area contributed by atoms with Crippen LogP contribution in [0.3, 0.4) is 0 Å². The zero-order valence-corrected chi connectivity index (χ0v) is 32.5. The summed E-state index contributed by atoms with van der Waals surface area (Å²) in [7, 11) is 0. The molecule has 0 saturated carbocycles. The normalized spacial score (nSPS) is 14.0. The van der Waals surface area contributed by atoms with Crippen LogP contribution in [0, 0.1) is 0 Å². The quantitative estimate of drug-likeness (QED) is 0.176. The third-order valence-electron chi connectivity index (χ3n) is 12.6. The minimum absolute atomic E-state index is 0.161. The molecular weight excluding hydrogens is 701 g/mol. The number of fused-ring (bicyclic) bond motifs is 9. The molecule has 0 radical (unpaired) electrons. The molecule has 0 saturated heterocycles. The number of benzene rings is 8. The molecule has 2 nitrogen and oxygen atoms in total. The Morgan fingerprint density at radius 2 is 0.690 bits per heavy atom. The highest BCUT2D eigenvalue weighted by Crippen LogP contribution is 2.63. The molecule has 0 unspecified atom stereocenters. The second-order valence-corrected chi connectivity index (χ2v) is 16.1. The number of hydrogen-bond acceptors (Lipinski definition) is 2. The van der Waals surface area contributed by atoms with Crippen molar-refractivity contribution in [3.8, 4) is 67.3 Å². The van der Waals surface area contributed by atoms with Crippen LogP contribution in [-0.4, -0.2) is 9.97 Å². The van der Waals surface area contributed by atoms with Crippen molar-refractivity contribution in [3.05, 3.63) is 240 Å². The van der Waals surface area contributed by atoms with E-state index in [1.54, 1.807) is 0 Å². The lowest BCUT2D eigenvalue weighted by molar-refractivity contribution is 0.563. The van der Waals surface area contributed by atoms with E-state index in [1.807, 2.05) is 0 Å². The topological polar surface area (TPSA) is 25.8 Å². The summed E-state index contributed by atoms with van der Waals surface area (Å²) in [6.07, 6.45) is 0. The highest BCUT2D eigenvalue weighted by Gasteiger charge is 2.53. The fourth-order valence-corrected chi connectivity index (χ4v) is 9.89. The van der Waals surface area contributed by atoms with Gasteiger partial charge < -0.3 is 0 Å². The lowest BCUT2D eigenvalue weighted by atomic mass is 9.55. The molecule has 9 aromatic rings. The Morgan fingerprint density at radius 3 is 1.21 bits per heavy atom. The number of aromatic nitrogens is 2. The average Bonchev–Trinajstić information content (AvgIpc) is 3.60. The monoisotopic (exact) mass is 740 g/mol. The summed E-state index contributed by atoms with van der Waals surface area (Å²) >= 11 is 0. The van der Waals surface area contributed by atoms with Gasteiger partial charge in [-0.2, -0.15) is 0 Å². The Morgan fingerprint density at radius 1 is 0.310 bits per heavy atom. The summed E-state index contributed by atoms with van der Waals surface area (Å²) in [5, 5.41) is 0. The van der Waals surface area contributed by atoms with E-state index in [1.165, 1.54) is 66.8 Å². The molecule has 0 N–H and O–H groups in total. The third kappa shape index (κ3) is 5.11. The SMILES string of the molecule is CC1(C)c2ccccc2C2(c3ccccc3-c3c(-c4nc(-c5ccc(-c6ccccc6)cc5)cc(-c5ccc(-c6ccccc6)cc5)n4)cccc32)c2ccccc21. The molecule has 0 fully saturated rings. The zero-order chi connectivity index (χ0) is 38.8. The molecule has 58 heavy (non-hydrogen) atoms. The lowest BCUT2D eigenvalue weighted by Gasteiger charge is -2.46. The first-order valence-electron chi connectivity index (χ1n) is 20.2. The van der Waals surface area contributed by atoms with Crippen molar-refractivity contribution < 1.29 is 0 Å². The average molecular weight is 741 g/mol. The molecule has 0 bridgehead atoms. The molecule has 11 rings (SSSR count). The molecule has 0 atom stereocenters. The summed E-state index contributed by atoms with van der Waals surface area (Å²) in [5.41, 5.74) is 19.4. The Kier molecular flexibility index (Phi) is 7.78. The van der Waals surface area contributed by atoms with Crippen LogP contribution in [0.1, 0.15) is 47.2 Å². The summed E-state index contributed by atoms with van der Waals surface area (Å²) in [5.74, 6) is 0.716. The maximum absolute atomic E-state index is 5.45. The van der Waals surface area contributed by atoms with Crippen LogP contribution in [0.15, 0.2) is 206 Å². The first-order chi connectivity index (χ1) is 28.5. The summed E-state index contributed by atoms with van der Waals surface area (Å²) in [6, 6.07) is 74.7. The van der Waals surface area contributed by atoms with Crippen molar-refractivity contribution in [1.29, 1.82) is 0 Å². The van der Waals surface area contributed by atoms with Gasteiger partial charge in [0.25, 0.3) is 0 Å². The molecule has 0 aliphatic heterocycles. The van der Waals surface area contributed by atoms with Gasteiger partial charge in [-0.15, -0.1) is 0 Å². The van der Waals surface area contributed by atoms with Gasteiger partial charge in [-0.05, 0) is 72.8 Å². The van der Waals surface area contributed by atoms with Crippen molar-refractivity contribution in [3.63, 3.8) is 0 Å². The Hall–Kier alpha value is -7.16. The number of nitrogens with zero attached hydrogens (tertiary/aromatic N) is 2. The van der Waals surface area contributed by atoms with Crippen LogP contribution in [0.25, 0.3) is 67.3 Å². The molecule has 274 valence electrons. The van der Waals surface area contributed by atoms with Crippen molar-refractivity contribution in [1.82, 2.24) is 9.97 Å². The van der Waals surface area contributed by atoms with Crippen LogP contribution in [-0.2, 0) is 10.8 Å². The van der Waals surface area contributed by atoms with Gasteiger partial charge in [0, 0.05) is 22.1 Å². The van der Waals surface area contributed by atoms with E-state index in [2.05, 4.69) is 220 Å². The van der Waals surface area contributed by atoms with E-state index >= 15 is 0 Å². The Bertz CT molecular complexity index is 2850. The van der Waals surface area contributed by atoms with Gasteiger partial charge >= 0.3 is 0 Å². The number of rotatable bonds is 5.